The van der Waals surface area contributed by atoms with Gasteiger partial charge in [-0.2, -0.15) is 0 Å². The zero-order valence-corrected chi connectivity index (χ0v) is 12.5. The third kappa shape index (κ3) is 3.94. The van der Waals surface area contributed by atoms with Crippen molar-refractivity contribution in [2.75, 3.05) is 13.1 Å². The van der Waals surface area contributed by atoms with E-state index in [1.165, 1.54) is 19.3 Å². The van der Waals surface area contributed by atoms with Gasteiger partial charge in [-0.15, -0.1) is 11.3 Å². The van der Waals surface area contributed by atoms with Gasteiger partial charge in [-0.25, -0.2) is 4.99 Å². The van der Waals surface area contributed by atoms with Crippen LogP contribution >= 0.6 is 11.3 Å². The highest BCUT2D eigenvalue weighted by Gasteiger charge is 2.24. The Morgan fingerprint density at radius 1 is 1.58 bits per heavy atom. The quantitative estimate of drug-likeness (QED) is 0.572. The molecule has 4 nitrogen and oxygen atoms in total. The van der Waals surface area contributed by atoms with Gasteiger partial charge in [0.05, 0.1) is 6.54 Å². The van der Waals surface area contributed by atoms with Crippen molar-refractivity contribution >= 4 is 17.3 Å². The summed E-state index contributed by atoms with van der Waals surface area (Å²) in [6, 6.07) is 4.45. The summed E-state index contributed by atoms with van der Waals surface area (Å²) in [4.78, 5) is 5.47. The van der Waals surface area contributed by atoms with Crippen LogP contribution in [0.5, 0.6) is 0 Å². The molecule has 0 spiro atoms. The second kappa shape index (κ2) is 6.39. The molecular formula is C14H23N3OS. The van der Waals surface area contributed by atoms with Crippen LogP contribution in [0.15, 0.2) is 22.5 Å². The molecule has 1 aromatic heterocycles. The molecule has 0 amide bonds. The van der Waals surface area contributed by atoms with Gasteiger partial charge in [0.1, 0.15) is 5.60 Å². The van der Waals surface area contributed by atoms with Crippen molar-refractivity contribution in [2.45, 2.75) is 44.8 Å². The predicted octanol–water partition coefficient (Wildman–Crippen LogP) is 2.06. The van der Waals surface area contributed by atoms with Crippen molar-refractivity contribution in [3.8, 4) is 0 Å². The van der Waals surface area contributed by atoms with E-state index in [4.69, 9.17) is 0 Å². The summed E-state index contributed by atoms with van der Waals surface area (Å²) >= 11 is 1.56. The molecule has 0 bridgehead atoms. The van der Waals surface area contributed by atoms with E-state index in [0.717, 1.165) is 17.4 Å². The smallest absolute Gasteiger partial charge is 0.191 e. The van der Waals surface area contributed by atoms with Gasteiger partial charge < -0.3 is 15.7 Å². The summed E-state index contributed by atoms with van der Waals surface area (Å²) in [5.74, 6) is 0.809. The molecule has 5 heteroatoms. The van der Waals surface area contributed by atoms with E-state index in [9.17, 15) is 5.11 Å². The first kappa shape index (κ1) is 14.3. The summed E-state index contributed by atoms with van der Waals surface area (Å²) in [6.45, 7) is 5.07. The lowest BCUT2D eigenvalue weighted by Crippen LogP contribution is -2.46. The number of aliphatic hydroxyl groups is 1. The van der Waals surface area contributed by atoms with Gasteiger partial charge >= 0.3 is 0 Å². The summed E-state index contributed by atoms with van der Waals surface area (Å²) < 4.78 is 0. The maximum absolute atomic E-state index is 10.4. The van der Waals surface area contributed by atoms with E-state index in [2.05, 4.69) is 22.5 Å². The number of thiophene rings is 1. The Bertz CT molecular complexity index is 410. The topological polar surface area (TPSA) is 56.7 Å². The SMILES string of the molecule is CCNC(=NCC(C)(O)c1cccs1)NC1CCC1. The molecule has 0 aliphatic heterocycles. The van der Waals surface area contributed by atoms with Gasteiger partial charge in [0.15, 0.2) is 5.96 Å². The zero-order chi connectivity index (χ0) is 13.7. The van der Waals surface area contributed by atoms with Crippen molar-refractivity contribution < 1.29 is 5.11 Å². The molecule has 1 aliphatic rings. The van der Waals surface area contributed by atoms with Crippen LogP contribution in [-0.4, -0.2) is 30.2 Å². The Labute approximate surface area is 119 Å². The standard InChI is InChI=1S/C14H23N3OS/c1-3-15-13(17-11-6-4-7-11)16-10-14(2,18)12-8-5-9-19-12/h5,8-9,11,18H,3-4,6-7,10H2,1-2H3,(H2,15,16,17). The molecule has 1 unspecified atom stereocenters. The van der Waals surface area contributed by atoms with Crippen LogP contribution in [0.4, 0.5) is 0 Å². The van der Waals surface area contributed by atoms with Crippen LogP contribution in [0.1, 0.15) is 38.0 Å². The van der Waals surface area contributed by atoms with E-state index in [-0.39, 0.29) is 0 Å². The molecule has 106 valence electrons. The molecule has 1 aliphatic carbocycles. The molecule has 3 N–H and O–H groups in total. The minimum atomic E-state index is -0.893. The average Bonchev–Trinajstić information content (AvgIpc) is 2.85. The lowest BCUT2D eigenvalue weighted by Gasteiger charge is -2.29. The molecule has 1 atom stereocenters. The Balaban J connectivity index is 1.96. The molecule has 1 fully saturated rings. The molecule has 0 saturated heterocycles. The molecule has 0 radical (unpaired) electrons. The van der Waals surface area contributed by atoms with E-state index >= 15 is 0 Å². The highest BCUT2D eigenvalue weighted by atomic mass is 32.1. The molecule has 0 aromatic carbocycles. The molecule has 19 heavy (non-hydrogen) atoms. The normalized spacial score (nSPS) is 19.6. The minimum Gasteiger partial charge on any atom is -0.383 e. The summed E-state index contributed by atoms with van der Waals surface area (Å²) in [6.07, 6.45) is 3.72. The second-order valence-electron chi connectivity index (χ2n) is 5.22. The monoisotopic (exact) mass is 281 g/mol. The van der Waals surface area contributed by atoms with Gasteiger partial charge in [-0.05, 0) is 44.6 Å². The van der Waals surface area contributed by atoms with Gasteiger partial charge in [0, 0.05) is 17.5 Å². The largest absolute Gasteiger partial charge is 0.383 e. The maximum atomic E-state index is 10.4. The number of nitrogens with zero attached hydrogens (tertiary/aromatic N) is 1. The van der Waals surface area contributed by atoms with Crippen LogP contribution < -0.4 is 10.6 Å². The Hall–Kier alpha value is -1.07. The second-order valence-corrected chi connectivity index (χ2v) is 6.17. The summed E-state index contributed by atoms with van der Waals surface area (Å²) in [7, 11) is 0. The molecule has 2 rings (SSSR count). The van der Waals surface area contributed by atoms with Crippen molar-refractivity contribution in [3.05, 3.63) is 22.4 Å². The van der Waals surface area contributed by atoms with E-state index in [0.29, 0.717) is 12.6 Å². The maximum Gasteiger partial charge on any atom is 0.191 e. The molecule has 1 saturated carbocycles. The third-order valence-electron chi connectivity index (χ3n) is 3.39. The number of hydrogen-bond acceptors (Lipinski definition) is 3. The first-order valence-corrected chi connectivity index (χ1v) is 7.81. The average molecular weight is 281 g/mol. The highest BCUT2D eigenvalue weighted by Crippen LogP contribution is 2.25. The van der Waals surface area contributed by atoms with Crippen LogP contribution in [0, 0.1) is 0 Å². The van der Waals surface area contributed by atoms with E-state index < -0.39 is 5.60 Å². The fourth-order valence-electron chi connectivity index (χ4n) is 1.96. The van der Waals surface area contributed by atoms with E-state index in [1.54, 1.807) is 11.3 Å². The van der Waals surface area contributed by atoms with Gasteiger partial charge in [-0.1, -0.05) is 6.07 Å². The van der Waals surface area contributed by atoms with Gasteiger partial charge in [-0.3, -0.25) is 0 Å². The fraction of sp³-hybridized carbons (Fsp3) is 0.643. The fourth-order valence-corrected chi connectivity index (χ4v) is 2.74. The summed E-state index contributed by atoms with van der Waals surface area (Å²) in [5, 5.41) is 19.1. The molecular weight excluding hydrogens is 258 g/mol. The molecule has 1 heterocycles. The van der Waals surface area contributed by atoms with Gasteiger partial charge in [0.25, 0.3) is 0 Å². The number of hydrogen-bond donors (Lipinski definition) is 3. The van der Waals surface area contributed by atoms with Crippen molar-refractivity contribution in [1.29, 1.82) is 0 Å². The van der Waals surface area contributed by atoms with Crippen molar-refractivity contribution in [2.24, 2.45) is 4.99 Å². The Morgan fingerprint density at radius 3 is 2.89 bits per heavy atom. The first-order chi connectivity index (χ1) is 9.12. The minimum absolute atomic E-state index is 0.371. The first-order valence-electron chi connectivity index (χ1n) is 6.93. The van der Waals surface area contributed by atoms with Crippen LogP contribution in [-0.2, 0) is 5.60 Å². The van der Waals surface area contributed by atoms with Crippen LogP contribution in [0.25, 0.3) is 0 Å². The number of guanidine groups is 1. The predicted molar refractivity (Wildman–Crippen MR) is 80.6 cm³/mol. The number of aliphatic imine (C=N–C) groups is 1. The number of nitrogens with one attached hydrogen (secondary N) is 2. The van der Waals surface area contributed by atoms with Crippen LogP contribution in [0.2, 0.25) is 0 Å². The number of rotatable bonds is 5. The highest BCUT2D eigenvalue weighted by molar-refractivity contribution is 7.10. The third-order valence-corrected chi connectivity index (χ3v) is 4.51. The van der Waals surface area contributed by atoms with Gasteiger partial charge in [0.2, 0.25) is 0 Å². The Morgan fingerprint density at radius 2 is 2.37 bits per heavy atom. The Kier molecular flexibility index (Phi) is 4.82. The lowest BCUT2D eigenvalue weighted by molar-refractivity contribution is 0.0711. The lowest BCUT2D eigenvalue weighted by atomic mass is 9.93. The van der Waals surface area contributed by atoms with Crippen LogP contribution in [0.3, 0.4) is 0 Å². The zero-order valence-electron chi connectivity index (χ0n) is 11.6. The van der Waals surface area contributed by atoms with Crippen molar-refractivity contribution in [3.63, 3.8) is 0 Å². The van der Waals surface area contributed by atoms with Crippen molar-refractivity contribution in [1.82, 2.24) is 10.6 Å². The summed E-state index contributed by atoms with van der Waals surface area (Å²) in [5.41, 5.74) is -0.893. The van der Waals surface area contributed by atoms with E-state index in [1.807, 2.05) is 24.4 Å². The molecule has 1 aromatic rings.